The highest BCUT2D eigenvalue weighted by molar-refractivity contribution is 5.80. The standard InChI is InChI=1S/C15H29NO2/c1-4-14(3,16)13(17)18-15(5-2)11-9-7-6-8-10-12-15/h4-12,16H2,1-3H3. The van der Waals surface area contributed by atoms with E-state index in [0.29, 0.717) is 6.42 Å². The summed E-state index contributed by atoms with van der Waals surface area (Å²) in [4.78, 5) is 12.2. The molecule has 1 atom stereocenters. The Kier molecular flexibility index (Phi) is 5.64. The molecule has 18 heavy (non-hydrogen) atoms. The van der Waals surface area contributed by atoms with E-state index in [1.165, 1.54) is 19.3 Å². The van der Waals surface area contributed by atoms with E-state index in [2.05, 4.69) is 6.92 Å². The second kappa shape index (κ2) is 6.55. The molecule has 1 saturated carbocycles. The van der Waals surface area contributed by atoms with Crippen LogP contribution in [0.15, 0.2) is 0 Å². The molecule has 3 heteroatoms. The molecular weight excluding hydrogens is 226 g/mol. The molecule has 106 valence electrons. The van der Waals surface area contributed by atoms with Crippen molar-refractivity contribution >= 4 is 5.97 Å². The Hall–Kier alpha value is -0.570. The minimum Gasteiger partial charge on any atom is -0.458 e. The van der Waals surface area contributed by atoms with Gasteiger partial charge in [-0.2, -0.15) is 0 Å². The van der Waals surface area contributed by atoms with Crippen molar-refractivity contribution in [2.75, 3.05) is 0 Å². The Morgan fingerprint density at radius 2 is 1.67 bits per heavy atom. The SMILES string of the molecule is CCC1(OC(=O)C(C)(N)CC)CCCCCCC1. The molecule has 1 unspecified atom stereocenters. The number of esters is 1. The van der Waals surface area contributed by atoms with Crippen LogP contribution in [-0.4, -0.2) is 17.1 Å². The molecule has 3 nitrogen and oxygen atoms in total. The van der Waals surface area contributed by atoms with Crippen LogP contribution in [0.5, 0.6) is 0 Å². The van der Waals surface area contributed by atoms with Gasteiger partial charge in [0.25, 0.3) is 0 Å². The maximum atomic E-state index is 12.2. The molecule has 1 rings (SSSR count). The van der Waals surface area contributed by atoms with Crippen molar-refractivity contribution < 1.29 is 9.53 Å². The highest BCUT2D eigenvalue weighted by Crippen LogP contribution is 2.33. The van der Waals surface area contributed by atoms with Crippen molar-refractivity contribution in [3.8, 4) is 0 Å². The Bertz CT molecular complexity index is 266. The molecule has 0 aliphatic heterocycles. The van der Waals surface area contributed by atoms with Crippen LogP contribution in [0.2, 0.25) is 0 Å². The molecule has 0 aromatic carbocycles. The maximum Gasteiger partial charge on any atom is 0.326 e. The zero-order valence-corrected chi connectivity index (χ0v) is 12.3. The predicted molar refractivity (Wildman–Crippen MR) is 74.3 cm³/mol. The van der Waals surface area contributed by atoms with Gasteiger partial charge in [-0.25, -0.2) is 0 Å². The van der Waals surface area contributed by atoms with E-state index >= 15 is 0 Å². The zero-order valence-electron chi connectivity index (χ0n) is 12.3. The van der Waals surface area contributed by atoms with Crippen molar-refractivity contribution in [3.05, 3.63) is 0 Å². The summed E-state index contributed by atoms with van der Waals surface area (Å²) in [6, 6.07) is 0. The predicted octanol–water partition coefficient (Wildman–Crippen LogP) is 3.55. The lowest BCUT2D eigenvalue weighted by atomic mass is 9.84. The molecule has 0 amide bonds. The summed E-state index contributed by atoms with van der Waals surface area (Å²) in [6.45, 7) is 5.81. The molecule has 0 heterocycles. The minimum atomic E-state index is -0.843. The van der Waals surface area contributed by atoms with Gasteiger partial charge in [-0.05, 0) is 45.4 Å². The van der Waals surface area contributed by atoms with Crippen LogP contribution < -0.4 is 5.73 Å². The van der Waals surface area contributed by atoms with Crippen molar-refractivity contribution in [2.45, 2.75) is 89.7 Å². The normalized spacial score (nSPS) is 23.6. The largest absolute Gasteiger partial charge is 0.458 e. The van der Waals surface area contributed by atoms with E-state index in [0.717, 1.165) is 32.1 Å². The number of hydrogen-bond donors (Lipinski definition) is 1. The van der Waals surface area contributed by atoms with Crippen LogP contribution in [0.25, 0.3) is 0 Å². The van der Waals surface area contributed by atoms with E-state index in [-0.39, 0.29) is 11.6 Å². The third kappa shape index (κ3) is 3.98. The molecule has 1 aliphatic rings. The van der Waals surface area contributed by atoms with Crippen molar-refractivity contribution in [1.82, 2.24) is 0 Å². The van der Waals surface area contributed by atoms with Gasteiger partial charge >= 0.3 is 5.97 Å². The molecule has 1 aliphatic carbocycles. The monoisotopic (exact) mass is 255 g/mol. The van der Waals surface area contributed by atoms with Gasteiger partial charge in [-0.15, -0.1) is 0 Å². The lowest BCUT2D eigenvalue weighted by Crippen LogP contribution is -2.49. The highest BCUT2D eigenvalue weighted by atomic mass is 16.6. The summed E-state index contributed by atoms with van der Waals surface area (Å²) in [5, 5.41) is 0. The van der Waals surface area contributed by atoms with Crippen molar-refractivity contribution in [1.29, 1.82) is 0 Å². The minimum absolute atomic E-state index is 0.229. The Balaban J connectivity index is 2.71. The average Bonchev–Trinajstić information content (AvgIpc) is 2.32. The van der Waals surface area contributed by atoms with E-state index < -0.39 is 5.54 Å². The van der Waals surface area contributed by atoms with Crippen LogP contribution in [0.3, 0.4) is 0 Å². The van der Waals surface area contributed by atoms with Gasteiger partial charge in [0.05, 0.1) is 0 Å². The third-order valence-electron chi connectivity index (χ3n) is 4.42. The second-order valence-electron chi connectivity index (χ2n) is 5.96. The van der Waals surface area contributed by atoms with E-state index in [9.17, 15) is 4.79 Å². The fourth-order valence-electron chi connectivity index (χ4n) is 2.54. The molecule has 1 fully saturated rings. The Morgan fingerprint density at radius 1 is 1.17 bits per heavy atom. The molecular formula is C15H29NO2. The van der Waals surface area contributed by atoms with Crippen molar-refractivity contribution in [3.63, 3.8) is 0 Å². The van der Waals surface area contributed by atoms with Gasteiger partial charge in [0.2, 0.25) is 0 Å². The molecule has 0 radical (unpaired) electrons. The topological polar surface area (TPSA) is 52.3 Å². The molecule has 0 spiro atoms. The average molecular weight is 255 g/mol. The third-order valence-corrected chi connectivity index (χ3v) is 4.42. The van der Waals surface area contributed by atoms with Crippen LogP contribution in [0.1, 0.15) is 78.6 Å². The maximum absolute atomic E-state index is 12.2. The van der Waals surface area contributed by atoms with Gasteiger partial charge in [-0.3, -0.25) is 4.79 Å². The molecule has 0 aromatic rings. The number of ether oxygens (including phenoxy) is 1. The van der Waals surface area contributed by atoms with E-state index in [1.54, 1.807) is 6.92 Å². The summed E-state index contributed by atoms with van der Waals surface area (Å²) in [5.41, 5.74) is 4.89. The molecule has 2 N–H and O–H groups in total. The Morgan fingerprint density at radius 3 is 2.11 bits per heavy atom. The Labute approximate surface area is 111 Å². The van der Waals surface area contributed by atoms with Crippen LogP contribution in [0.4, 0.5) is 0 Å². The summed E-state index contributed by atoms with van der Waals surface area (Å²) >= 11 is 0. The number of rotatable bonds is 4. The number of carbonyl (C=O) groups excluding carboxylic acids is 1. The van der Waals surface area contributed by atoms with Gasteiger partial charge in [-0.1, -0.05) is 33.1 Å². The second-order valence-corrected chi connectivity index (χ2v) is 5.96. The van der Waals surface area contributed by atoms with Crippen LogP contribution in [0, 0.1) is 0 Å². The van der Waals surface area contributed by atoms with E-state index in [4.69, 9.17) is 10.5 Å². The first-order chi connectivity index (χ1) is 8.46. The van der Waals surface area contributed by atoms with Gasteiger partial charge in [0.15, 0.2) is 0 Å². The first-order valence-electron chi connectivity index (χ1n) is 7.48. The number of carbonyl (C=O) groups is 1. The first kappa shape index (κ1) is 15.5. The summed E-state index contributed by atoms with van der Waals surface area (Å²) < 4.78 is 5.86. The lowest BCUT2D eigenvalue weighted by molar-refractivity contribution is -0.169. The quantitative estimate of drug-likeness (QED) is 0.782. The summed E-state index contributed by atoms with van der Waals surface area (Å²) in [5.74, 6) is -0.229. The molecule has 0 bridgehead atoms. The lowest BCUT2D eigenvalue weighted by Gasteiger charge is -2.37. The van der Waals surface area contributed by atoms with Crippen LogP contribution in [-0.2, 0) is 9.53 Å². The van der Waals surface area contributed by atoms with Gasteiger partial charge in [0, 0.05) is 0 Å². The fraction of sp³-hybridized carbons (Fsp3) is 0.933. The zero-order chi connectivity index (χ0) is 13.6. The molecule has 0 saturated heterocycles. The van der Waals surface area contributed by atoms with Gasteiger partial charge < -0.3 is 10.5 Å². The smallest absolute Gasteiger partial charge is 0.326 e. The fourth-order valence-corrected chi connectivity index (χ4v) is 2.54. The molecule has 0 aromatic heterocycles. The highest BCUT2D eigenvalue weighted by Gasteiger charge is 2.37. The summed E-state index contributed by atoms with van der Waals surface area (Å²) in [6.07, 6.45) is 9.66. The summed E-state index contributed by atoms with van der Waals surface area (Å²) in [7, 11) is 0. The van der Waals surface area contributed by atoms with Gasteiger partial charge in [0.1, 0.15) is 11.1 Å². The van der Waals surface area contributed by atoms with E-state index in [1.807, 2.05) is 6.92 Å². The van der Waals surface area contributed by atoms with Crippen molar-refractivity contribution in [2.24, 2.45) is 5.73 Å². The van der Waals surface area contributed by atoms with Crippen LogP contribution >= 0.6 is 0 Å². The number of nitrogens with two attached hydrogens (primary N) is 1. The number of hydrogen-bond acceptors (Lipinski definition) is 3. The first-order valence-corrected chi connectivity index (χ1v) is 7.48.